The summed E-state index contributed by atoms with van der Waals surface area (Å²) in [6, 6.07) is 15.1. The van der Waals surface area contributed by atoms with Gasteiger partial charge in [-0.25, -0.2) is 4.98 Å². The zero-order valence-electron chi connectivity index (χ0n) is 15.4. The number of nitrogens with one attached hydrogen (secondary N) is 2. The van der Waals surface area contributed by atoms with Crippen molar-refractivity contribution in [2.45, 2.75) is 38.8 Å². The molecule has 138 valence electrons. The van der Waals surface area contributed by atoms with Crippen molar-refractivity contribution in [2.75, 3.05) is 5.32 Å². The summed E-state index contributed by atoms with van der Waals surface area (Å²) in [7, 11) is 0. The second-order valence-corrected chi connectivity index (χ2v) is 7.16. The summed E-state index contributed by atoms with van der Waals surface area (Å²) in [5.41, 5.74) is 3.52. The summed E-state index contributed by atoms with van der Waals surface area (Å²) in [5.74, 6) is 0.865. The van der Waals surface area contributed by atoms with Gasteiger partial charge in [-0.1, -0.05) is 44.2 Å². The molecule has 0 saturated heterocycles. The van der Waals surface area contributed by atoms with Crippen LogP contribution in [0.25, 0.3) is 11.0 Å². The molecule has 27 heavy (non-hydrogen) atoms. The molecule has 3 aromatic rings. The van der Waals surface area contributed by atoms with Crippen LogP contribution in [0, 0.1) is 0 Å². The average molecular weight is 362 g/mol. The third kappa shape index (κ3) is 3.30. The van der Waals surface area contributed by atoms with E-state index in [9.17, 15) is 9.59 Å². The maximum Gasteiger partial charge on any atom is 0.240 e. The van der Waals surface area contributed by atoms with Crippen LogP contribution in [0.5, 0.6) is 0 Å². The molecule has 1 aromatic heterocycles. The normalized spacial score (nSPS) is 16.3. The second kappa shape index (κ2) is 6.87. The summed E-state index contributed by atoms with van der Waals surface area (Å²) in [5, 5.41) is 5.88. The third-order valence-corrected chi connectivity index (χ3v) is 4.84. The largest absolute Gasteiger partial charge is 0.347 e. The molecule has 2 amide bonds. The molecule has 0 radical (unpaired) electrons. The molecule has 0 fully saturated rings. The SMILES string of the molecule is CC(C)c1nc2ccccc2n1CC(=O)NC1CC(=O)Nc2ccccc21. The molecule has 0 spiro atoms. The second-order valence-electron chi connectivity index (χ2n) is 7.16. The van der Waals surface area contributed by atoms with Gasteiger partial charge in [-0.15, -0.1) is 0 Å². The number of imidazole rings is 1. The summed E-state index contributed by atoms with van der Waals surface area (Å²) in [4.78, 5) is 29.5. The highest BCUT2D eigenvalue weighted by molar-refractivity contribution is 5.95. The first-order chi connectivity index (χ1) is 13.0. The quantitative estimate of drug-likeness (QED) is 0.747. The predicted molar refractivity (Wildman–Crippen MR) is 104 cm³/mol. The van der Waals surface area contributed by atoms with Crippen LogP contribution in [0.3, 0.4) is 0 Å². The Morgan fingerprint density at radius 1 is 1.22 bits per heavy atom. The van der Waals surface area contributed by atoms with E-state index in [1.165, 1.54) is 0 Å². The lowest BCUT2D eigenvalue weighted by Gasteiger charge is -2.26. The van der Waals surface area contributed by atoms with Gasteiger partial charge in [0, 0.05) is 11.6 Å². The topological polar surface area (TPSA) is 76.0 Å². The van der Waals surface area contributed by atoms with Crippen LogP contribution in [-0.4, -0.2) is 21.4 Å². The Kier molecular flexibility index (Phi) is 4.39. The van der Waals surface area contributed by atoms with Crippen LogP contribution < -0.4 is 10.6 Å². The highest BCUT2D eigenvalue weighted by Crippen LogP contribution is 2.30. The van der Waals surface area contributed by atoms with Crippen LogP contribution in [0.1, 0.15) is 43.6 Å². The molecule has 2 heterocycles. The fourth-order valence-electron chi connectivity index (χ4n) is 3.62. The van der Waals surface area contributed by atoms with Gasteiger partial charge >= 0.3 is 0 Å². The predicted octanol–water partition coefficient (Wildman–Crippen LogP) is 3.36. The number of carbonyl (C=O) groups is 2. The summed E-state index contributed by atoms with van der Waals surface area (Å²) < 4.78 is 1.96. The van der Waals surface area contributed by atoms with Crippen molar-refractivity contribution in [1.29, 1.82) is 0 Å². The molecule has 1 aliphatic heterocycles. The maximum atomic E-state index is 12.8. The zero-order valence-corrected chi connectivity index (χ0v) is 15.4. The number of anilines is 1. The molecule has 4 rings (SSSR count). The lowest BCUT2D eigenvalue weighted by Crippen LogP contribution is -2.37. The van der Waals surface area contributed by atoms with E-state index < -0.39 is 0 Å². The maximum absolute atomic E-state index is 12.8. The molecular formula is C21H22N4O2. The van der Waals surface area contributed by atoms with E-state index in [0.717, 1.165) is 28.1 Å². The van der Waals surface area contributed by atoms with Crippen molar-refractivity contribution in [3.63, 3.8) is 0 Å². The van der Waals surface area contributed by atoms with E-state index in [4.69, 9.17) is 0 Å². The first-order valence-corrected chi connectivity index (χ1v) is 9.16. The van der Waals surface area contributed by atoms with Gasteiger partial charge in [-0.2, -0.15) is 0 Å². The number of fused-ring (bicyclic) bond motifs is 2. The molecule has 6 nitrogen and oxygen atoms in total. The molecule has 2 aromatic carbocycles. The fourth-order valence-corrected chi connectivity index (χ4v) is 3.62. The highest BCUT2D eigenvalue weighted by Gasteiger charge is 2.26. The molecule has 1 atom stereocenters. The van der Waals surface area contributed by atoms with Crippen molar-refractivity contribution in [1.82, 2.24) is 14.9 Å². The first-order valence-electron chi connectivity index (χ1n) is 9.16. The van der Waals surface area contributed by atoms with E-state index in [-0.39, 0.29) is 36.7 Å². The van der Waals surface area contributed by atoms with Crippen LogP contribution >= 0.6 is 0 Å². The minimum atomic E-state index is -0.320. The fraction of sp³-hybridized carbons (Fsp3) is 0.286. The Morgan fingerprint density at radius 3 is 2.78 bits per heavy atom. The van der Waals surface area contributed by atoms with Gasteiger partial charge in [0.2, 0.25) is 11.8 Å². The minimum Gasteiger partial charge on any atom is -0.347 e. The van der Waals surface area contributed by atoms with Crippen LogP contribution in [0.2, 0.25) is 0 Å². The van der Waals surface area contributed by atoms with Gasteiger partial charge in [0.05, 0.1) is 23.5 Å². The number of nitrogens with zero attached hydrogens (tertiary/aromatic N) is 2. The van der Waals surface area contributed by atoms with Crippen molar-refractivity contribution in [2.24, 2.45) is 0 Å². The molecule has 6 heteroatoms. The van der Waals surface area contributed by atoms with Crippen molar-refractivity contribution < 1.29 is 9.59 Å². The van der Waals surface area contributed by atoms with Gasteiger partial charge in [-0.3, -0.25) is 9.59 Å². The summed E-state index contributed by atoms with van der Waals surface area (Å²) >= 11 is 0. The lowest BCUT2D eigenvalue weighted by atomic mass is 9.97. The number of hydrogen-bond acceptors (Lipinski definition) is 3. The van der Waals surface area contributed by atoms with E-state index in [2.05, 4.69) is 29.5 Å². The number of para-hydroxylation sites is 3. The van der Waals surface area contributed by atoms with E-state index >= 15 is 0 Å². The van der Waals surface area contributed by atoms with Crippen molar-refractivity contribution in [3.8, 4) is 0 Å². The highest BCUT2D eigenvalue weighted by atomic mass is 16.2. The smallest absolute Gasteiger partial charge is 0.240 e. The van der Waals surface area contributed by atoms with E-state index in [1.807, 2.05) is 53.1 Å². The van der Waals surface area contributed by atoms with Crippen LogP contribution in [0.4, 0.5) is 5.69 Å². The number of hydrogen-bond donors (Lipinski definition) is 2. The molecule has 1 unspecified atom stereocenters. The average Bonchev–Trinajstić information content (AvgIpc) is 3.00. The lowest BCUT2D eigenvalue weighted by molar-refractivity contribution is -0.123. The number of rotatable bonds is 4. The Hall–Kier alpha value is -3.15. The number of aromatic nitrogens is 2. The Balaban J connectivity index is 1.60. The van der Waals surface area contributed by atoms with Gasteiger partial charge in [0.25, 0.3) is 0 Å². The molecule has 1 aliphatic rings. The Labute approximate surface area is 157 Å². The molecule has 0 bridgehead atoms. The number of benzene rings is 2. The van der Waals surface area contributed by atoms with Crippen LogP contribution in [0.15, 0.2) is 48.5 Å². The van der Waals surface area contributed by atoms with Gasteiger partial charge in [-0.05, 0) is 23.8 Å². The monoisotopic (exact) mass is 362 g/mol. The minimum absolute atomic E-state index is 0.0880. The third-order valence-electron chi connectivity index (χ3n) is 4.84. The molecule has 0 saturated carbocycles. The Bertz CT molecular complexity index is 1020. The molecule has 2 N–H and O–H groups in total. The van der Waals surface area contributed by atoms with Crippen molar-refractivity contribution >= 4 is 28.5 Å². The van der Waals surface area contributed by atoms with Gasteiger partial charge in [0.1, 0.15) is 12.4 Å². The summed E-state index contributed by atoms with van der Waals surface area (Å²) in [6.07, 6.45) is 0.241. The molecular weight excluding hydrogens is 340 g/mol. The van der Waals surface area contributed by atoms with Gasteiger partial charge in [0.15, 0.2) is 0 Å². The zero-order chi connectivity index (χ0) is 19.0. The summed E-state index contributed by atoms with van der Waals surface area (Å²) in [6.45, 7) is 4.31. The van der Waals surface area contributed by atoms with Crippen LogP contribution in [-0.2, 0) is 16.1 Å². The molecule has 0 aliphatic carbocycles. The number of amides is 2. The van der Waals surface area contributed by atoms with Crippen molar-refractivity contribution in [3.05, 3.63) is 59.9 Å². The van der Waals surface area contributed by atoms with E-state index in [0.29, 0.717) is 0 Å². The standard InChI is InChI=1S/C21H22N4O2/c1-13(2)21-24-16-9-5-6-10-18(16)25(21)12-20(27)23-17-11-19(26)22-15-8-4-3-7-14(15)17/h3-10,13,17H,11-12H2,1-2H3,(H,22,26)(H,23,27). The van der Waals surface area contributed by atoms with Gasteiger partial charge < -0.3 is 15.2 Å². The Morgan fingerprint density at radius 2 is 1.96 bits per heavy atom. The first kappa shape index (κ1) is 17.3. The van der Waals surface area contributed by atoms with E-state index in [1.54, 1.807) is 0 Å². The number of carbonyl (C=O) groups excluding carboxylic acids is 2.